The molecule has 2 aromatic carbocycles. The summed E-state index contributed by atoms with van der Waals surface area (Å²) in [6, 6.07) is 0.763. The van der Waals surface area contributed by atoms with Gasteiger partial charge in [-0.15, -0.1) is 0 Å². The third kappa shape index (κ3) is 20.1. The van der Waals surface area contributed by atoms with Crippen LogP contribution in [0.4, 0.5) is 4.79 Å². The first-order valence-corrected chi connectivity index (χ1v) is 30.8. The second kappa shape index (κ2) is 32.3. The van der Waals surface area contributed by atoms with Gasteiger partial charge in [0.25, 0.3) is 5.91 Å². The number of aromatic hydroxyl groups is 1. The number of rotatable bonds is 29. The maximum absolute atomic E-state index is 15.1. The van der Waals surface area contributed by atoms with Gasteiger partial charge in [0.15, 0.2) is 5.96 Å². The lowest BCUT2D eigenvalue weighted by Gasteiger charge is -2.33. The predicted octanol–water partition coefficient (Wildman–Crippen LogP) is -1.59. The molecule has 7 rings (SSSR count). The summed E-state index contributed by atoms with van der Waals surface area (Å²) in [5, 5.41) is 30.2. The summed E-state index contributed by atoms with van der Waals surface area (Å²) in [6.45, 7) is 8.72. The molecule has 31 heteroatoms. The van der Waals surface area contributed by atoms with Crippen LogP contribution in [-0.4, -0.2) is 187 Å². The van der Waals surface area contributed by atoms with Crippen molar-refractivity contribution in [3.63, 3.8) is 0 Å². The summed E-state index contributed by atoms with van der Waals surface area (Å²) in [7, 11) is 0. The maximum atomic E-state index is 15.1. The third-order valence-electron chi connectivity index (χ3n) is 15.8. The summed E-state index contributed by atoms with van der Waals surface area (Å²) in [4.78, 5) is 170. The number of ether oxygens (including phenoxy) is 1. The molecule has 3 aliphatic rings. The topological polar surface area (TPSA) is 467 Å². The fraction of sp³-hybridized carbons (Fsp3) is 0.525. The number of hydrogen-bond donors (Lipinski definition) is 15. The quantitative estimate of drug-likeness (QED) is 0.0126. The molecule has 3 fully saturated rings. The number of phenolic OH excluding ortho intramolecular Hbond substituents is 1. The normalized spacial score (nSPS) is 18.3. The van der Waals surface area contributed by atoms with Gasteiger partial charge >= 0.3 is 6.03 Å². The molecule has 0 bridgehead atoms. The summed E-state index contributed by atoms with van der Waals surface area (Å²) in [5.41, 5.74) is 21.9. The van der Waals surface area contributed by atoms with E-state index in [0.717, 1.165) is 10.9 Å². The molecular weight excluding hydrogens is 1190 g/mol. The van der Waals surface area contributed by atoms with Crippen molar-refractivity contribution in [3.05, 3.63) is 84.1 Å². The zero-order valence-corrected chi connectivity index (χ0v) is 52.3. The molecule has 9 atom stereocenters. The Morgan fingerprint density at radius 1 is 0.707 bits per heavy atom. The van der Waals surface area contributed by atoms with Crippen LogP contribution in [0.3, 0.4) is 0 Å². The molecule has 3 saturated heterocycles. The zero-order chi connectivity index (χ0) is 66.8. The fourth-order valence-electron chi connectivity index (χ4n) is 11.2. The highest BCUT2D eigenvalue weighted by atomic mass is 16.5. The minimum Gasteiger partial charge on any atom is -0.508 e. The molecule has 31 nitrogen and oxygen atoms in total. The van der Waals surface area contributed by atoms with Gasteiger partial charge in [-0.1, -0.05) is 44.2 Å². The Labute approximate surface area is 531 Å². The van der Waals surface area contributed by atoms with Gasteiger partial charge in [0.05, 0.1) is 18.5 Å². The Morgan fingerprint density at radius 2 is 1.32 bits per heavy atom. The van der Waals surface area contributed by atoms with Crippen LogP contribution < -0.4 is 65.3 Å². The van der Waals surface area contributed by atoms with Gasteiger partial charge in [-0.2, -0.15) is 0 Å². The van der Waals surface area contributed by atoms with Crippen molar-refractivity contribution in [3.8, 4) is 5.75 Å². The second-order valence-electron chi connectivity index (χ2n) is 24.6. The Morgan fingerprint density at radius 3 is 1.95 bits per heavy atom. The molecule has 2 aromatic heterocycles. The highest BCUT2D eigenvalue weighted by molar-refractivity contribution is 6.00. The number of nitrogens with two attached hydrogens (primary N) is 3. The number of hydrogen-bond acceptors (Lipinski definition) is 15. The molecule has 12 amide bonds. The number of aromatic amines is 2. The summed E-state index contributed by atoms with van der Waals surface area (Å²) in [5.74, 6) is -7.49. The molecule has 92 heavy (non-hydrogen) atoms. The first-order chi connectivity index (χ1) is 43.7. The second-order valence-corrected chi connectivity index (χ2v) is 24.6. The zero-order valence-electron chi connectivity index (χ0n) is 52.3. The lowest BCUT2D eigenvalue weighted by Crippen LogP contribution is -2.62. The molecule has 0 radical (unpaired) electrons. The average molecular weight is 1280 g/mol. The molecule has 4 aromatic rings. The Hall–Kier alpha value is -9.81. The Bertz CT molecular complexity index is 3310. The molecule has 498 valence electrons. The Kier molecular flexibility index (Phi) is 24.4. The number of para-hydroxylation sites is 1. The lowest BCUT2D eigenvalue weighted by molar-refractivity contribution is -0.148. The number of likely N-dealkylation sites (tertiary alicyclic amines) is 2. The first-order valence-electron chi connectivity index (χ1n) is 30.8. The molecule has 0 unspecified atom stereocenters. The van der Waals surface area contributed by atoms with Crippen molar-refractivity contribution in [1.82, 2.24) is 72.8 Å². The molecule has 18 N–H and O–H groups in total. The minimum atomic E-state index is -1.56. The van der Waals surface area contributed by atoms with Crippen molar-refractivity contribution < 1.29 is 62.6 Å². The maximum Gasteiger partial charge on any atom is 0.330 e. The highest BCUT2D eigenvalue weighted by Gasteiger charge is 2.44. The van der Waals surface area contributed by atoms with E-state index < -0.39 is 126 Å². The number of urea groups is 1. The number of guanidine groups is 1. The van der Waals surface area contributed by atoms with Crippen LogP contribution in [0.2, 0.25) is 0 Å². The third-order valence-corrected chi connectivity index (χ3v) is 15.8. The van der Waals surface area contributed by atoms with E-state index in [1.165, 1.54) is 46.6 Å². The number of aliphatic imine (C=N–C) groups is 1. The van der Waals surface area contributed by atoms with Crippen LogP contribution >= 0.6 is 0 Å². The van der Waals surface area contributed by atoms with E-state index >= 15 is 9.59 Å². The average Bonchev–Trinajstić information content (AvgIpc) is 1.73. The Balaban J connectivity index is 1.14. The smallest absolute Gasteiger partial charge is 0.330 e. The largest absolute Gasteiger partial charge is 0.508 e. The van der Waals surface area contributed by atoms with Crippen LogP contribution in [0, 0.1) is 5.92 Å². The van der Waals surface area contributed by atoms with Gasteiger partial charge in [-0.25, -0.2) is 15.2 Å². The standard InChI is InChI=1S/C61H86N18O13/c1-33(2)25-42(51(83)70-41(13-8-22-66-59(62)63)57(89)79-24-10-15-48(79)58(90)78-23-9-14-47(78)56(88)76-77-60(64)91)71-55(87)46(31-92-61(3,4)5)75-52(84)43(26-34-16-18-37(80)19-17-34)72-53(85)44(27-35-29-67-39-12-7-6-11-38(35)39)73-54(86)45(28-36-30-65-32-68-36)74-50(82)40-20-21-49(81)69-40/h6-7,11-12,16-19,29-30,32-33,40-48,67,80H,8-10,13-15,20-28,31H2,1-5H3,(H,65,68)(H,69,81)(H,70,83)(H,71,87)(H,72,85)(H,73,86)(H,74,82)(H,75,84)(H,76,88)(H4,62,63,66)(H3,64,77,91)/t40-,41-,42-,43-,44-,45-,46+,47-,48-/m0/s1. The number of primary amides is 1. The van der Waals surface area contributed by atoms with Crippen LogP contribution in [-0.2, 0) is 71.9 Å². The van der Waals surface area contributed by atoms with E-state index in [9.17, 15) is 48.3 Å². The molecule has 3 aliphatic heterocycles. The SMILES string of the molecule is CC(C)C[C@H](NC(=O)[C@@H](COC(C)(C)C)NC(=O)[C@H](Cc1ccc(O)cc1)NC(=O)[C@H](Cc1c[nH]c2ccccc12)NC(=O)[C@H](Cc1cnc[nH]1)NC(=O)[C@@H]1CCC(=O)N1)C(=O)N[C@@H](CCCN=C(N)N)C(=O)N1CCC[C@H]1C(=O)N1CCC[C@H]1C(=O)NNC(N)=O. The van der Waals surface area contributed by atoms with Gasteiger partial charge in [0, 0.05) is 74.3 Å². The van der Waals surface area contributed by atoms with E-state index in [4.69, 9.17) is 21.9 Å². The van der Waals surface area contributed by atoms with Crippen molar-refractivity contribution in [2.75, 3.05) is 26.2 Å². The van der Waals surface area contributed by atoms with E-state index in [1.54, 1.807) is 46.9 Å². The van der Waals surface area contributed by atoms with Crippen LogP contribution in [0.25, 0.3) is 10.9 Å². The van der Waals surface area contributed by atoms with Crippen molar-refractivity contribution in [2.24, 2.45) is 28.1 Å². The number of nitrogens with zero attached hydrogens (tertiary/aromatic N) is 4. The summed E-state index contributed by atoms with van der Waals surface area (Å²) < 4.78 is 6.11. The van der Waals surface area contributed by atoms with Gasteiger partial charge in [0.2, 0.25) is 53.2 Å². The van der Waals surface area contributed by atoms with E-state index in [1.807, 2.05) is 23.6 Å². The number of aromatic nitrogens is 3. The van der Waals surface area contributed by atoms with Crippen molar-refractivity contribution in [1.29, 1.82) is 0 Å². The van der Waals surface area contributed by atoms with Crippen LogP contribution in [0.1, 0.15) is 109 Å². The summed E-state index contributed by atoms with van der Waals surface area (Å²) >= 11 is 0. The predicted molar refractivity (Wildman–Crippen MR) is 334 cm³/mol. The number of carbonyl (C=O) groups is 11. The van der Waals surface area contributed by atoms with Crippen molar-refractivity contribution in [2.45, 2.75) is 172 Å². The lowest BCUT2D eigenvalue weighted by atomic mass is 10.0. The van der Waals surface area contributed by atoms with Gasteiger partial charge in [-0.3, -0.25) is 58.4 Å². The number of benzene rings is 2. The van der Waals surface area contributed by atoms with Crippen LogP contribution in [0.5, 0.6) is 5.75 Å². The number of imidazole rings is 1. The van der Waals surface area contributed by atoms with E-state index in [0.29, 0.717) is 29.7 Å². The van der Waals surface area contributed by atoms with E-state index in [-0.39, 0.29) is 107 Å². The van der Waals surface area contributed by atoms with Gasteiger partial charge in [-0.05, 0) is 107 Å². The van der Waals surface area contributed by atoms with E-state index in [2.05, 4.69) is 62.6 Å². The number of carbonyl (C=O) groups excluding carboxylic acids is 11. The molecule has 5 heterocycles. The highest BCUT2D eigenvalue weighted by Crippen LogP contribution is 2.27. The number of H-pyrrole nitrogens is 2. The minimum absolute atomic E-state index is 0.0170. The summed E-state index contributed by atoms with van der Waals surface area (Å²) in [6.07, 6.45) is 6.00. The number of phenols is 1. The number of hydrazine groups is 1. The number of nitrogens with one attached hydrogen (secondary N) is 11. The van der Waals surface area contributed by atoms with Gasteiger partial charge < -0.3 is 84.0 Å². The fourth-order valence-corrected chi connectivity index (χ4v) is 11.2. The molecule has 0 saturated carbocycles. The molecule has 0 spiro atoms. The monoisotopic (exact) mass is 1280 g/mol. The molecule has 0 aliphatic carbocycles. The first kappa shape index (κ1) is 69.7. The number of amides is 12. The van der Waals surface area contributed by atoms with Crippen LogP contribution in [0.15, 0.2) is 72.2 Å². The van der Waals surface area contributed by atoms with Crippen molar-refractivity contribution >= 4 is 82.0 Å². The molecular formula is C61H86N18O13. The van der Waals surface area contributed by atoms with Gasteiger partial charge in [0.1, 0.15) is 60.1 Å². The number of fused-ring (bicyclic) bond motifs is 1.